The molecule has 0 saturated carbocycles. The number of thiocarbonyl (C=S) groups is 1. The highest BCUT2D eigenvalue weighted by Crippen LogP contribution is 2.40. The molecule has 8 heteroatoms. The molecule has 6 nitrogen and oxygen atoms in total. The van der Waals surface area contributed by atoms with E-state index in [2.05, 4.69) is 0 Å². The quantitative estimate of drug-likeness (QED) is 0.202. The van der Waals surface area contributed by atoms with Crippen LogP contribution in [-0.2, 0) is 4.79 Å². The van der Waals surface area contributed by atoms with Gasteiger partial charge in [0, 0.05) is 17.3 Å². The highest BCUT2D eigenvalue weighted by molar-refractivity contribution is 8.26. The zero-order valence-corrected chi connectivity index (χ0v) is 22.3. The zero-order chi connectivity index (χ0) is 25.9. The van der Waals surface area contributed by atoms with Crippen molar-refractivity contribution in [2.45, 2.75) is 13.0 Å². The Morgan fingerprint density at radius 3 is 2.30 bits per heavy atom. The summed E-state index contributed by atoms with van der Waals surface area (Å²) in [5.74, 6) is 1.12. The molecule has 1 aromatic heterocycles. The molecule has 3 aromatic carbocycles. The fraction of sp³-hybridized carbons (Fsp3) is 0.138. The van der Waals surface area contributed by atoms with E-state index in [1.165, 1.54) is 11.8 Å². The summed E-state index contributed by atoms with van der Waals surface area (Å²) in [7, 11) is 3.20. The van der Waals surface area contributed by atoms with Gasteiger partial charge in [-0.15, -0.1) is 0 Å². The number of aromatic nitrogens is 2. The molecule has 0 aliphatic carbocycles. The number of rotatable bonds is 7. The van der Waals surface area contributed by atoms with Gasteiger partial charge in [0.15, 0.2) is 11.5 Å². The van der Waals surface area contributed by atoms with E-state index >= 15 is 0 Å². The van der Waals surface area contributed by atoms with Crippen LogP contribution in [0, 0.1) is 0 Å². The first-order chi connectivity index (χ1) is 18.0. The fourth-order valence-corrected chi connectivity index (χ4v) is 5.66. The second-order valence-corrected chi connectivity index (χ2v) is 10.1. The third kappa shape index (κ3) is 4.90. The normalized spacial score (nSPS) is 15.3. The van der Waals surface area contributed by atoms with Crippen LogP contribution in [0.4, 0.5) is 0 Å². The first-order valence-electron chi connectivity index (χ1n) is 11.7. The molecule has 37 heavy (non-hydrogen) atoms. The first kappa shape index (κ1) is 24.8. The van der Waals surface area contributed by atoms with Crippen molar-refractivity contribution < 1.29 is 14.3 Å². The summed E-state index contributed by atoms with van der Waals surface area (Å²) in [5.41, 5.74) is 4.29. The Morgan fingerprint density at radius 1 is 0.946 bits per heavy atom. The molecule has 1 fully saturated rings. The lowest BCUT2D eigenvalue weighted by molar-refractivity contribution is -0.123. The van der Waals surface area contributed by atoms with Crippen molar-refractivity contribution in [3.05, 3.63) is 101 Å². The predicted molar refractivity (Wildman–Crippen MR) is 152 cm³/mol. The molecule has 1 saturated heterocycles. The van der Waals surface area contributed by atoms with Gasteiger partial charge in [-0.3, -0.25) is 9.69 Å². The standard InChI is InChI=1S/C29H25N3O3S2/c1-19(20-10-6-4-7-11-20)32-28(33)26(37-29(32)36)17-22-18-31(23-12-8-5-9-13-23)30-27(22)21-14-15-24(34-2)25(16-21)35-3/h4-19H,1-3H3. The molecule has 5 rings (SSSR count). The summed E-state index contributed by atoms with van der Waals surface area (Å²) in [5, 5.41) is 4.88. The van der Waals surface area contributed by atoms with E-state index in [-0.39, 0.29) is 11.9 Å². The minimum Gasteiger partial charge on any atom is -0.493 e. The zero-order valence-electron chi connectivity index (χ0n) is 20.6. The average Bonchev–Trinajstić information content (AvgIpc) is 3.48. The lowest BCUT2D eigenvalue weighted by Gasteiger charge is -2.23. The maximum absolute atomic E-state index is 13.5. The molecule has 4 aromatic rings. The molecule has 1 aliphatic rings. The van der Waals surface area contributed by atoms with Gasteiger partial charge in [-0.25, -0.2) is 4.68 Å². The summed E-state index contributed by atoms with van der Waals surface area (Å²) in [6.07, 6.45) is 3.80. The van der Waals surface area contributed by atoms with Gasteiger partial charge < -0.3 is 9.47 Å². The van der Waals surface area contributed by atoms with Crippen LogP contribution < -0.4 is 9.47 Å². The van der Waals surface area contributed by atoms with E-state index in [9.17, 15) is 4.79 Å². The molecule has 1 amide bonds. The van der Waals surface area contributed by atoms with E-state index in [0.717, 1.165) is 22.4 Å². The van der Waals surface area contributed by atoms with E-state index < -0.39 is 0 Å². The summed E-state index contributed by atoms with van der Waals surface area (Å²) < 4.78 is 13.3. The van der Waals surface area contributed by atoms with Gasteiger partial charge in [-0.05, 0) is 48.9 Å². The molecule has 1 atom stereocenters. The number of ether oxygens (including phenoxy) is 2. The predicted octanol–water partition coefficient (Wildman–Crippen LogP) is 6.52. The number of thioether (sulfide) groups is 1. The van der Waals surface area contributed by atoms with E-state index in [4.69, 9.17) is 26.8 Å². The SMILES string of the molecule is COc1ccc(-c2nn(-c3ccccc3)cc2C=C2SC(=S)N(C(C)c3ccccc3)C2=O)cc1OC. The van der Waals surface area contributed by atoms with Crippen LogP contribution in [0.1, 0.15) is 24.1 Å². The lowest BCUT2D eigenvalue weighted by atomic mass is 10.1. The number of benzene rings is 3. The van der Waals surface area contributed by atoms with Crippen molar-refractivity contribution in [2.75, 3.05) is 14.2 Å². The van der Waals surface area contributed by atoms with Gasteiger partial charge >= 0.3 is 0 Å². The van der Waals surface area contributed by atoms with Gasteiger partial charge in [0.1, 0.15) is 10.0 Å². The Morgan fingerprint density at radius 2 is 1.62 bits per heavy atom. The Labute approximate surface area is 225 Å². The molecule has 186 valence electrons. The third-order valence-electron chi connectivity index (χ3n) is 6.20. The number of nitrogens with zero attached hydrogens (tertiary/aromatic N) is 3. The molecule has 0 spiro atoms. The molecule has 0 bridgehead atoms. The van der Waals surface area contributed by atoms with Crippen molar-refractivity contribution >= 4 is 40.3 Å². The fourth-order valence-electron chi connectivity index (χ4n) is 4.25. The van der Waals surface area contributed by atoms with Crippen molar-refractivity contribution in [3.63, 3.8) is 0 Å². The Balaban J connectivity index is 1.57. The minimum absolute atomic E-state index is 0.114. The summed E-state index contributed by atoms with van der Waals surface area (Å²) in [6.45, 7) is 1.99. The maximum atomic E-state index is 13.5. The second-order valence-electron chi connectivity index (χ2n) is 8.42. The van der Waals surface area contributed by atoms with Crippen LogP contribution in [0.2, 0.25) is 0 Å². The number of hydrogen-bond donors (Lipinski definition) is 0. The smallest absolute Gasteiger partial charge is 0.266 e. The Hall–Kier alpha value is -3.88. The molecule has 2 heterocycles. The van der Waals surface area contributed by atoms with Crippen LogP contribution in [0.15, 0.2) is 90.0 Å². The van der Waals surface area contributed by atoms with Crippen molar-refractivity contribution in [1.82, 2.24) is 14.7 Å². The number of carbonyl (C=O) groups excluding carboxylic acids is 1. The van der Waals surface area contributed by atoms with Crippen LogP contribution in [0.5, 0.6) is 11.5 Å². The van der Waals surface area contributed by atoms with E-state index in [1.54, 1.807) is 19.1 Å². The largest absolute Gasteiger partial charge is 0.493 e. The highest BCUT2D eigenvalue weighted by Gasteiger charge is 2.36. The van der Waals surface area contributed by atoms with Gasteiger partial charge in [0.05, 0.1) is 30.9 Å². The number of para-hydroxylation sites is 1. The van der Waals surface area contributed by atoms with E-state index in [1.807, 2.05) is 103 Å². The molecule has 0 radical (unpaired) electrons. The van der Waals surface area contributed by atoms with Gasteiger partial charge in [0.25, 0.3) is 5.91 Å². The van der Waals surface area contributed by atoms with Crippen LogP contribution in [-0.4, -0.2) is 39.1 Å². The first-order valence-corrected chi connectivity index (χ1v) is 12.9. The summed E-state index contributed by atoms with van der Waals surface area (Å²) in [4.78, 5) is 15.8. The van der Waals surface area contributed by atoms with Crippen LogP contribution in [0.25, 0.3) is 23.0 Å². The maximum Gasteiger partial charge on any atom is 0.266 e. The average molecular weight is 528 g/mol. The molecular formula is C29H25N3O3S2. The highest BCUT2D eigenvalue weighted by atomic mass is 32.2. The minimum atomic E-state index is -0.169. The Kier molecular flexibility index (Phi) is 7.12. The number of methoxy groups -OCH3 is 2. The van der Waals surface area contributed by atoms with Crippen molar-refractivity contribution in [3.8, 4) is 28.4 Å². The lowest BCUT2D eigenvalue weighted by Crippen LogP contribution is -2.30. The molecule has 0 N–H and O–H groups in total. The number of amides is 1. The number of carbonyl (C=O) groups is 1. The van der Waals surface area contributed by atoms with Crippen LogP contribution >= 0.6 is 24.0 Å². The summed E-state index contributed by atoms with van der Waals surface area (Å²) >= 11 is 6.94. The van der Waals surface area contributed by atoms with Crippen molar-refractivity contribution in [2.24, 2.45) is 0 Å². The van der Waals surface area contributed by atoms with Crippen LogP contribution in [0.3, 0.4) is 0 Å². The van der Waals surface area contributed by atoms with Gasteiger partial charge in [-0.1, -0.05) is 72.5 Å². The van der Waals surface area contributed by atoms with Crippen molar-refractivity contribution in [1.29, 1.82) is 0 Å². The molecular weight excluding hydrogens is 502 g/mol. The topological polar surface area (TPSA) is 56.6 Å². The molecule has 1 unspecified atom stereocenters. The number of hydrogen-bond acceptors (Lipinski definition) is 6. The third-order valence-corrected chi connectivity index (χ3v) is 7.53. The monoisotopic (exact) mass is 527 g/mol. The Bertz CT molecular complexity index is 1480. The second kappa shape index (κ2) is 10.6. The van der Waals surface area contributed by atoms with E-state index in [0.29, 0.717) is 26.4 Å². The van der Waals surface area contributed by atoms with Gasteiger partial charge in [0.2, 0.25) is 0 Å². The summed E-state index contributed by atoms with van der Waals surface area (Å²) in [6, 6.07) is 25.2. The molecule has 1 aliphatic heterocycles. The van der Waals surface area contributed by atoms with Gasteiger partial charge in [-0.2, -0.15) is 5.10 Å².